The van der Waals surface area contributed by atoms with E-state index >= 15 is 0 Å². The number of anilines is 2. The minimum absolute atomic E-state index is 0.0775. The van der Waals surface area contributed by atoms with Crippen molar-refractivity contribution in [2.75, 3.05) is 50.1 Å². The molecule has 0 radical (unpaired) electrons. The molecule has 0 unspecified atom stereocenters. The van der Waals surface area contributed by atoms with Crippen LogP contribution in [-0.4, -0.2) is 50.7 Å². The van der Waals surface area contributed by atoms with Crippen LogP contribution in [0.4, 0.5) is 11.4 Å². The summed E-state index contributed by atoms with van der Waals surface area (Å²) >= 11 is 0. The van der Waals surface area contributed by atoms with Gasteiger partial charge in [-0.1, -0.05) is 25.5 Å². The zero-order valence-electron chi connectivity index (χ0n) is 17.0. The first-order valence-corrected chi connectivity index (χ1v) is 10.2. The van der Waals surface area contributed by atoms with E-state index in [2.05, 4.69) is 41.2 Å². The molecule has 150 valence electrons. The Kier molecular flexibility index (Phi) is 7.46. The molecular formula is C23H31N3O2. The predicted octanol–water partition coefficient (Wildman–Crippen LogP) is 4.01. The Bertz CT molecular complexity index is 755. The lowest BCUT2D eigenvalue weighted by molar-refractivity contribution is 0.0342. The molecule has 0 aromatic heterocycles. The molecule has 5 nitrogen and oxygen atoms in total. The average molecular weight is 382 g/mol. The van der Waals surface area contributed by atoms with E-state index in [-0.39, 0.29) is 5.91 Å². The zero-order chi connectivity index (χ0) is 19.8. The maximum atomic E-state index is 12.6. The highest BCUT2D eigenvalue weighted by Crippen LogP contribution is 2.17. The lowest BCUT2D eigenvalue weighted by atomic mass is 10.1. The second-order valence-electron chi connectivity index (χ2n) is 7.37. The summed E-state index contributed by atoms with van der Waals surface area (Å²) in [5.74, 6) is -0.0775. The zero-order valence-corrected chi connectivity index (χ0v) is 17.0. The first-order valence-electron chi connectivity index (χ1n) is 10.2. The molecule has 0 aliphatic carbocycles. The minimum Gasteiger partial charge on any atom is -0.379 e. The Balaban J connectivity index is 1.58. The number of hydrogen-bond acceptors (Lipinski definition) is 4. The third-order valence-corrected chi connectivity index (χ3v) is 5.11. The van der Waals surface area contributed by atoms with E-state index in [9.17, 15) is 4.79 Å². The molecule has 0 spiro atoms. The molecule has 1 heterocycles. The molecule has 2 aromatic rings. The van der Waals surface area contributed by atoms with Crippen molar-refractivity contribution < 1.29 is 9.53 Å². The second kappa shape index (κ2) is 10.2. The van der Waals surface area contributed by atoms with Gasteiger partial charge in [0.1, 0.15) is 0 Å². The molecule has 3 rings (SSSR count). The number of morpholine rings is 1. The lowest BCUT2D eigenvalue weighted by Crippen LogP contribution is -2.35. The van der Waals surface area contributed by atoms with Gasteiger partial charge in [0, 0.05) is 50.2 Å². The minimum atomic E-state index is -0.0775. The number of benzene rings is 2. The van der Waals surface area contributed by atoms with Crippen molar-refractivity contribution in [3.05, 3.63) is 59.7 Å². The fourth-order valence-corrected chi connectivity index (χ4v) is 3.36. The molecule has 1 amide bonds. The fourth-order valence-electron chi connectivity index (χ4n) is 3.36. The van der Waals surface area contributed by atoms with E-state index in [1.807, 2.05) is 36.4 Å². The van der Waals surface area contributed by atoms with Crippen LogP contribution in [0.3, 0.4) is 0 Å². The Labute approximate surface area is 168 Å². The van der Waals surface area contributed by atoms with Crippen LogP contribution >= 0.6 is 0 Å². The van der Waals surface area contributed by atoms with Crippen LogP contribution in [0.1, 0.15) is 35.7 Å². The lowest BCUT2D eigenvalue weighted by Gasteiger charge is -2.26. The van der Waals surface area contributed by atoms with Crippen molar-refractivity contribution in [3.63, 3.8) is 0 Å². The van der Waals surface area contributed by atoms with E-state index in [1.54, 1.807) is 0 Å². The summed E-state index contributed by atoms with van der Waals surface area (Å²) in [6.07, 6.45) is 2.34. The van der Waals surface area contributed by atoms with Gasteiger partial charge in [-0.05, 0) is 48.4 Å². The normalized spacial score (nSPS) is 14.6. The molecular weight excluding hydrogens is 350 g/mol. The van der Waals surface area contributed by atoms with Crippen molar-refractivity contribution in [1.82, 2.24) is 4.90 Å². The summed E-state index contributed by atoms with van der Waals surface area (Å²) in [5.41, 5.74) is 3.84. The standard InChI is InChI=1S/C23H31N3O2/c1-3-4-12-25(2)22-10-8-20(9-11-22)23(27)24-21-7-5-6-19(17-21)18-26-13-15-28-16-14-26/h5-11,17H,3-4,12-16,18H2,1-2H3,(H,24,27). The van der Waals surface area contributed by atoms with Crippen LogP contribution in [-0.2, 0) is 11.3 Å². The van der Waals surface area contributed by atoms with Crippen LogP contribution in [0.2, 0.25) is 0 Å². The number of ether oxygens (including phenoxy) is 1. The SMILES string of the molecule is CCCCN(C)c1ccc(C(=O)Nc2cccc(CN3CCOCC3)c2)cc1. The summed E-state index contributed by atoms with van der Waals surface area (Å²) in [5, 5.41) is 3.02. The highest BCUT2D eigenvalue weighted by Gasteiger charge is 2.12. The molecule has 0 saturated carbocycles. The van der Waals surface area contributed by atoms with E-state index < -0.39 is 0 Å². The molecule has 1 N–H and O–H groups in total. The van der Waals surface area contributed by atoms with Crippen molar-refractivity contribution in [2.45, 2.75) is 26.3 Å². The van der Waals surface area contributed by atoms with E-state index in [1.165, 1.54) is 18.4 Å². The number of amides is 1. The molecule has 0 bridgehead atoms. The molecule has 1 fully saturated rings. The Morgan fingerprint density at radius 1 is 1.14 bits per heavy atom. The van der Waals surface area contributed by atoms with Crippen LogP contribution in [0.5, 0.6) is 0 Å². The molecule has 2 aromatic carbocycles. The molecule has 1 aliphatic heterocycles. The number of hydrogen-bond donors (Lipinski definition) is 1. The van der Waals surface area contributed by atoms with Crippen molar-refractivity contribution in [2.24, 2.45) is 0 Å². The van der Waals surface area contributed by atoms with Gasteiger partial charge in [0.15, 0.2) is 0 Å². The van der Waals surface area contributed by atoms with E-state index in [4.69, 9.17) is 4.74 Å². The highest BCUT2D eigenvalue weighted by molar-refractivity contribution is 6.04. The van der Waals surface area contributed by atoms with Crippen LogP contribution in [0, 0.1) is 0 Å². The maximum Gasteiger partial charge on any atom is 0.255 e. The van der Waals surface area contributed by atoms with Crippen LogP contribution in [0.25, 0.3) is 0 Å². The first kappa shape index (κ1) is 20.4. The van der Waals surface area contributed by atoms with Gasteiger partial charge < -0.3 is 15.0 Å². The Morgan fingerprint density at radius 2 is 1.89 bits per heavy atom. The van der Waals surface area contributed by atoms with Gasteiger partial charge in [-0.2, -0.15) is 0 Å². The van der Waals surface area contributed by atoms with Gasteiger partial charge in [0.05, 0.1) is 13.2 Å². The molecule has 5 heteroatoms. The predicted molar refractivity (Wildman–Crippen MR) is 115 cm³/mol. The van der Waals surface area contributed by atoms with Crippen molar-refractivity contribution in [1.29, 1.82) is 0 Å². The van der Waals surface area contributed by atoms with Gasteiger partial charge in [0.25, 0.3) is 5.91 Å². The number of nitrogens with one attached hydrogen (secondary N) is 1. The maximum absolute atomic E-state index is 12.6. The first-order chi connectivity index (χ1) is 13.7. The number of carbonyl (C=O) groups excluding carboxylic acids is 1. The van der Waals surface area contributed by atoms with Gasteiger partial charge in [0.2, 0.25) is 0 Å². The third-order valence-electron chi connectivity index (χ3n) is 5.11. The summed E-state index contributed by atoms with van der Waals surface area (Å²) < 4.78 is 5.40. The van der Waals surface area contributed by atoms with Gasteiger partial charge in [-0.3, -0.25) is 9.69 Å². The Morgan fingerprint density at radius 3 is 2.61 bits per heavy atom. The molecule has 1 saturated heterocycles. The van der Waals surface area contributed by atoms with Crippen molar-refractivity contribution >= 4 is 17.3 Å². The summed E-state index contributed by atoms with van der Waals surface area (Å²) in [6.45, 7) is 7.59. The van der Waals surface area contributed by atoms with E-state index in [0.717, 1.165) is 50.8 Å². The summed E-state index contributed by atoms with van der Waals surface area (Å²) in [6, 6.07) is 15.9. The Hall–Kier alpha value is -2.37. The number of unbranched alkanes of at least 4 members (excludes halogenated alkanes) is 1. The number of rotatable bonds is 8. The highest BCUT2D eigenvalue weighted by atomic mass is 16.5. The monoisotopic (exact) mass is 381 g/mol. The van der Waals surface area contributed by atoms with Crippen LogP contribution in [0.15, 0.2) is 48.5 Å². The van der Waals surface area contributed by atoms with Gasteiger partial charge >= 0.3 is 0 Å². The fraction of sp³-hybridized carbons (Fsp3) is 0.435. The quantitative estimate of drug-likeness (QED) is 0.750. The van der Waals surface area contributed by atoms with E-state index in [0.29, 0.717) is 5.56 Å². The van der Waals surface area contributed by atoms with Crippen molar-refractivity contribution in [3.8, 4) is 0 Å². The molecule has 0 atom stereocenters. The van der Waals surface area contributed by atoms with Crippen LogP contribution < -0.4 is 10.2 Å². The topological polar surface area (TPSA) is 44.8 Å². The smallest absolute Gasteiger partial charge is 0.255 e. The molecule has 28 heavy (non-hydrogen) atoms. The number of carbonyl (C=O) groups is 1. The largest absolute Gasteiger partial charge is 0.379 e. The number of nitrogens with zero attached hydrogens (tertiary/aromatic N) is 2. The third kappa shape index (κ3) is 5.81. The summed E-state index contributed by atoms with van der Waals surface area (Å²) in [7, 11) is 2.09. The summed E-state index contributed by atoms with van der Waals surface area (Å²) in [4.78, 5) is 17.2. The van der Waals surface area contributed by atoms with Gasteiger partial charge in [-0.25, -0.2) is 0 Å². The average Bonchev–Trinajstić information content (AvgIpc) is 2.73. The second-order valence-corrected chi connectivity index (χ2v) is 7.37. The molecule has 1 aliphatic rings. The van der Waals surface area contributed by atoms with Gasteiger partial charge in [-0.15, -0.1) is 0 Å².